The molecule has 23 heavy (non-hydrogen) atoms. The van der Waals surface area contributed by atoms with Gasteiger partial charge in [-0.05, 0) is 44.0 Å². The molecular formula is C19H21N3O. The van der Waals surface area contributed by atoms with Gasteiger partial charge in [-0.15, -0.1) is 0 Å². The van der Waals surface area contributed by atoms with Crippen molar-refractivity contribution in [3.05, 3.63) is 59.3 Å². The molecule has 0 radical (unpaired) electrons. The molecule has 4 heteroatoms. The first kappa shape index (κ1) is 15.5. The summed E-state index contributed by atoms with van der Waals surface area (Å²) in [5, 5.41) is 12.8. The van der Waals surface area contributed by atoms with Crippen molar-refractivity contribution in [3.63, 3.8) is 0 Å². The molecule has 0 spiro atoms. The molecule has 2 aromatic rings. The topological polar surface area (TPSA) is 57.9 Å². The van der Waals surface area contributed by atoms with E-state index in [1.54, 1.807) is 6.07 Å². The second kappa shape index (κ2) is 7.26. The molecule has 1 aliphatic rings. The smallest absolute Gasteiger partial charge is 0.232 e. The predicted molar refractivity (Wildman–Crippen MR) is 89.1 cm³/mol. The minimum atomic E-state index is -0.108. The standard InChI is InChI=1S/C19H21N3O/c1-14-7-8-16(13-20)19(22-14)23-18(11-12-21-17-9-10-17)15-5-3-2-4-6-15/h2-8,17-18,21H,9-12H2,1H3/t18-/m1/s1. The number of nitriles is 1. The highest BCUT2D eigenvalue weighted by atomic mass is 16.5. The third kappa shape index (κ3) is 4.30. The van der Waals surface area contributed by atoms with Gasteiger partial charge in [-0.2, -0.15) is 5.26 Å². The lowest BCUT2D eigenvalue weighted by Gasteiger charge is -2.20. The molecule has 1 aromatic heterocycles. The Bertz CT molecular complexity index is 690. The summed E-state index contributed by atoms with van der Waals surface area (Å²) in [5.41, 5.74) is 2.44. The number of nitrogens with one attached hydrogen (secondary N) is 1. The lowest BCUT2D eigenvalue weighted by Crippen LogP contribution is -2.22. The van der Waals surface area contributed by atoms with Crippen LogP contribution in [0.1, 0.15) is 42.2 Å². The lowest BCUT2D eigenvalue weighted by molar-refractivity contribution is 0.185. The average molecular weight is 307 g/mol. The van der Waals surface area contributed by atoms with Crippen molar-refractivity contribution in [3.8, 4) is 11.9 Å². The molecule has 118 valence electrons. The molecule has 4 nitrogen and oxygen atoms in total. The number of ether oxygens (including phenoxy) is 1. The summed E-state index contributed by atoms with van der Waals surface area (Å²) < 4.78 is 6.13. The lowest BCUT2D eigenvalue weighted by atomic mass is 10.1. The summed E-state index contributed by atoms with van der Waals surface area (Å²) >= 11 is 0. The molecule has 1 heterocycles. The first-order valence-electron chi connectivity index (χ1n) is 8.09. The molecule has 1 saturated carbocycles. The Morgan fingerprint density at radius 3 is 2.74 bits per heavy atom. The average Bonchev–Trinajstić information content (AvgIpc) is 3.39. The van der Waals surface area contributed by atoms with Crippen molar-refractivity contribution in [2.75, 3.05) is 6.54 Å². The van der Waals surface area contributed by atoms with Gasteiger partial charge < -0.3 is 10.1 Å². The second-order valence-electron chi connectivity index (χ2n) is 5.95. The van der Waals surface area contributed by atoms with E-state index < -0.39 is 0 Å². The first-order chi connectivity index (χ1) is 11.3. The number of benzene rings is 1. The highest BCUT2D eigenvalue weighted by molar-refractivity contribution is 5.39. The van der Waals surface area contributed by atoms with Crippen molar-refractivity contribution in [1.82, 2.24) is 10.3 Å². The summed E-state index contributed by atoms with van der Waals surface area (Å²) in [5.74, 6) is 0.424. The number of nitrogens with zero attached hydrogens (tertiary/aromatic N) is 2. The minimum absolute atomic E-state index is 0.108. The number of hydrogen-bond acceptors (Lipinski definition) is 4. The number of pyridine rings is 1. The van der Waals surface area contributed by atoms with Crippen LogP contribution < -0.4 is 10.1 Å². The van der Waals surface area contributed by atoms with Gasteiger partial charge in [0.25, 0.3) is 0 Å². The van der Waals surface area contributed by atoms with E-state index >= 15 is 0 Å². The Balaban J connectivity index is 1.77. The highest BCUT2D eigenvalue weighted by Gasteiger charge is 2.22. The first-order valence-corrected chi connectivity index (χ1v) is 8.09. The second-order valence-corrected chi connectivity index (χ2v) is 5.95. The predicted octanol–water partition coefficient (Wildman–Crippen LogP) is 3.52. The molecular weight excluding hydrogens is 286 g/mol. The zero-order valence-corrected chi connectivity index (χ0v) is 13.3. The van der Waals surface area contributed by atoms with Gasteiger partial charge in [0.2, 0.25) is 5.88 Å². The van der Waals surface area contributed by atoms with Gasteiger partial charge in [-0.1, -0.05) is 30.3 Å². The molecule has 1 aromatic carbocycles. The van der Waals surface area contributed by atoms with Crippen molar-refractivity contribution in [2.45, 2.75) is 38.3 Å². The van der Waals surface area contributed by atoms with E-state index in [1.807, 2.05) is 31.2 Å². The van der Waals surface area contributed by atoms with Crippen LogP contribution in [-0.4, -0.2) is 17.6 Å². The van der Waals surface area contributed by atoms with Crippen molar-refractivity contribution < 1.29 is 4.74 Å². The molecule has 0 aliphatic heterocycles. The molecule has 1 N–H and O–H groups in total. The Morgan fingerprint density at radius 2 is 2.04 bits per heavy atom. The van der Waals surface area contributed by atoms with Crippen LogP contribution >= 0.6 is 0 Å². The van der Waals surface area contributed by atoms with Gasteiger partial charge in [0.15, 0.2) is 0 Å². The monoisotopic (exact) mass is 307 g/mol. The van der Waals surface area contributed by atoms with E-state index in [9.17, 15) is 5.26 Å². The molecule has 0 bridgehead atoms. The Hall–Kier alpha value is -2.38. The van der Waals surface area contributed by atoms with Crippen LogP contribution in [-0.2, 0) is 0 Å². The van der Waals surface area contributed by atoms with Gasteiger partial charge in [-0.25, -0.2) is 4.98 Å². The van der Waals surface area contributed by atoms with E-state index in [0.717, 1.165) is 24.2 Å². The maximum Gasteiger partial charge on any atom is 0.232 e. The molecule has 0 unspecified atom stereocenters. The molecule has 0 amide bonds. The normalized spacial score (nSPS) is 15.0. The Kier molecular flexibility index (Phi) is 4.89. The van der Waals surface area contributed by atoms with E-state index in [-0.39, 0.29) is 6.10 Å². The van der Waals surface area contributed by atoms with Crippen LogP contribution in [0.2, 0.25) is 0 Å². The van der Waals surface area contributed by atoms with Crippen molar-refractivity contribution in [1.29, 1.82) is 5.26 Å². The number of hydrogen-bond donors (Lipinski definition) is 1. The zero-order valence-electron chi connectivity index (χ0n) is 13.3. The van der Waals surface area contributed by atoms with Crippen LogP contribution in [0, 0.1) is 18.3 Å². The van der Waals surface area contributed by atoms with E-state index in [2.05, 4.69) is 28.5 Å². The summed E-state index contributed by atoms with van der Waals surface area (Å²) in [6.45, 7) is 2.80. The number of aryl methyl sites for hydroxylation is 1. The van der Waals surface area contributed by atoms with Crippen LogP contribution in [0.15, 0.2) is 42.5 Å². The van der Waals surface area contributed by atoms with Gasteiger partial charge in [0, 0.05) is 18.2 Å². The third-order valence-electron chi connectivity index (χ3n) is 3.96. The summed E-state index contributed by atoms with van der Waals surface area (Å²) in [6, 6.07) is 16.6. The number of aromatic nitrogens is 1. The molecule has 3 rings (SSSR count). The number of rotatable bonds is 7. The molecule has 1 atom stereocenters. The van der Waals surface area contributed by atoms with Crippen LogP contribution in [0.25, 0.3) is 0 Å². The fourth-order valence-electron chi connectivity index (χ4n) is 2.51. The van der Waals surface area contributed by atoms with Crippen LogP contribution in [0.3, 0.4) is 0 Å². The van der Waals surface area contributed by atoms with Crippen LogP contribution in [0.5, 0.6) is 5.88 Å². The Labute approximate surface area is 137 Å². The van der Waals surface area contributed by atoms with Crippen molar-refractivity contribution in [2.24, 2.45) is 0 Å². The fourth-order valence-corrected chi connectivity index (χ4v) is 2.51. The third-order valence-corrected chi connectivity index (χ3v) is 3.96. The molecule has 0 saturated heterocycles. The van der Waals surface area contributed by atoms with Gasteiger partial charge in [0.1, 0.15) is 17.7 Å². The van der Waals surface area contributed by atoms with E-state index in [4.69, 9.17) is 4.74 Å². The quantitative estimate of drug-likeness (QED) is 0.850. The largest absolute Gasteiger partial charge is 0.468 e. The maximum atomic E-state index is 9.27. The zero-order chi connectivity index (χ0) is 16.1. The molecule has 1 aliphatic carbocycles. The van der Waals surface area contributed by atoms with Crippen LogP contribution in [0.4, 0.5) is 0 Å². The van der Waals surface area contributed by atoms with Gasteiger partial charge in [0.05, 0.1) is 0 Å². The minimum Gasteiger partial charge on any atom is -0.468 e. The summed E-state index contributed by atoms with van der Waals surface area (Å²) in [4.78, 5) is 4.40. The maximum absolute atomic E-state index is 9.27. The summed E-state index contributed by atoms with van der Waals surface area (Å²) in [6.07, 6.45) is 3.29. The highest BCUT2D eigenvalue weighted by Crippen LogP contribution is 2.26. The van der Waals surface area contributed by atoms with Crippen molar-refractivity contribution >= 4 is 0 Å². The summed E-state index contributed by atoms with van der Waals surface area (Å²) in [7, 11) is 0. The van der Waals surface area contributed by atoms with E-state index in [1.165, 1.54) is 12.8 Å². The SMILES string of the molecule is Cc1ccc(C#N)c(O[C@H](CCNC2CC2)c2ccccc2)n1. The van der Waals surface area contributed by atoms with E-state index in [0.29, 0.717) is 17.5 Å². The van der Waals surface area contributed by atoms with Gasteiger partial charge in [-0.3, -0.25) is 0 Å². The molecule has 1 fully saturated rings. The van der Waals surface area contributed by atoms with Gasteiger partial charge >= 0.3 is 0 Å². The fraction of sp³-hybridized carbons (Fsp3) is 0.368. The Morgan fingerprint density at radius 1 is 1.26 bits per heavy atom.